The Morgan fingerprint density at radius 1 is 1.12 bits per heavy atom. The van der Waals surface area contributed by atoms with Gasteiger partial charge in [0.1, 0.15) is 5.75 Å². The van der Waals surface area contributed by atoms with E-state index in [2.05, 4.69) is 23.5 Å². The van der Waals surface area contributed by atoms with Gasteiger partial charge in [0.25, 0.3) is 0 Å². The van der Waals surface area contributed by atoms with Crippen molar-refractivity contribution in [1.82, 2.24) is 5.32 Å². The maximum atomic E-state index is 12.1. The molecule has 0 saturated heterocycles. The van der Waals surface area contributed by atoms with Gasteiger partial charge in [-0.1, -0.05) is 29.8 Å². The summed E-state index contributed by atoms with van der Waals surface area (Å²) >= 11 is 5.84. The van der Waals surface area contributed by atoms with Crippen LogP contribution in [0.1, 0.15) is 48.9 Å². The minimum Gasteiger partial charge on any atom is -0.493 e. The number of halogens is 1. The lowest BCUT2D eigenvalue weighted by atomic mass is 9.89. The van der Waals surface area contributed by atoms with E-state index < -0.39 is 0 Å². The minimum absolute atomic E-state index is 0.000755. The average molecular weight is 358 g/mol. The summed E-state index contributed by atoms with van der Waals surface area (Å²) in [6, 6.07) is 13.8. The van der Waals surface area contributed by atoms with Crippen LogP contribution < -0.4 is 10.1 Å². The van der Waals surface area contributed by atoms with Crippen LogP contribution >= 0.6 is 11.6 Å². The van der Waals surface area contributed by atoms with Crippen molar-refractivity contribution < 1.29 is 9.53 Å². The lowest BCUT2D eigenvalue weighted by molar-refractivity contribution is -0.122. The summed E-state index contributed by atoms with van der Waals surface area (Å²) in [5.74, 6) is 0.721. The molecule has 1 aliphatic rings. The summed E-state index contributed by atoms with van der Waals surface area (Å²) in [7, 11) is 0. The molecule has 0 aliphatic heterocycles. The number of hydrogen-bond acceptors (Lipinski definition) is 2. The van der Waals surface area contributed by atoms with E-state index in [0.29, 0.717) is 18.1 Å². The predicted molar refractivity (Wildman–Crippen MR) is 101 cm³/mol. The summed E-state index contributed by atoms with van der Waals surface area (Å²) in [5.41, 5.74) is 4.08. The summed E-state index contributed by atoms with van der Waals surface area (Å²) in [6.07, 6.45) is 5.21. The fourth-order valence-electron chi connectivity index (χ4n) is 3.21. The number of aryl methyl sites for hydroxylation is 2. The first-order chi connectivity index (χ1) is 12.1. The lowest BCUT2D eigenvalue weighted by Crippen LogP contribution is -2.28. The van der Waals surface area contributed by atoms with Gasteiger partial charge in [0, 0.05) is 5.02 Å². The second kappa shape index (κ2) is 8.39. The zero-order valence-electron chi connectivity index (χ0n) is 14.6. The Kier molecular flexibility index (Phi) is 5.98. The molecule has 1 atom stereocenters. The Morgan fingerprint density at radius 2 is 1.84 bits per heavy atom. The van der Waals surface area contributed by atoms with Crippen molar-refractivity contribution in [3.8, 4) is 5.75 Å². The summed E-state index contributed by atoms with van der Waals surface area (Å²) in [6.45, 7) is 2.38. The van der Waals surface area contributed by atoms with Crippen molar-refractivity contribution in [2.45, 2.75) is 45.1 Å². The van der Waals surface area contributed by atoms with E-state index in [9.17, 15) is 4.79 Å². The lowest BCUT2D eigenvalue weighted by Gasteiger charge is -2.20. The molecule has 25 heavy (non-hydrogen) atoms. The Morgan fingerprint density at radius 3 is 2.60 bits per heavy atom. The first-order valence-corrected chi connectivity index (χ1v) is 9.29. The maximum Gasteiger partial charge on any atom is 0.223 e. The molecular formula is C21H24ClNO2. The van der Waals surface area contributed by atoms with Crippen LogP contribution in [0.2, 0.25) is 5.02 Å². The second-order valence-electron chi connectivity index (χ2n) is 6.58. The highest BCUT2D eigenvalue weighted by molar-refractivity contribution is 6.30. The van der Waals surface area contributed by atoms with Crippen molar-refractivity contribution in [1.29, 1.82) is 0 Å². The van der Waals surface area contributed by atoms with Gasteiger partial charge in [-0.05, 0) is 73.6 Å². The number of benzene rings is 2. The molecule has 0 saturated carbocycles. The number of carbonyl (C=O) groups is 1. The Bertz CT molecular complexity index is 727. The summed E-state index contributed by atoms with van der Waals surface area (Å²) in [5, 5.41) is 3.73. The molecule has 2 aromatic rings. The van der Waals surface area contributed by atoms with Gasteiger partial charge in [0.15, 0.2) is 0 Å². The number of carbonyl (C=O) groups excluding carboxylic acids is 1. The van der Waals surface area contributed by atoms with Gasteiger partial charge >= 0.3 is 0 Å². The summed E-state index contributed by atoms with van der Waals surface area (Å²) in [4.78, 5) is 12.1. The molecule has 1 amide bonds. The first-order valence-electron chi connectivity index (χ1n) is 8.91. The average Bonchev–Trinajstić information content (AvgIpc) is 2.63. The second-order valence-corrected chi connectivity index (χ2v) is 7.01. The van der Waals surface area contributed by atoms with Crippen LogP contribution in [0.3, 0.4) is 0 Å². The van der Waals surface area contributed by atoms with Gasteiger partial charge in [0.2, 0.25) is 5.91 Å². The molecule has 3 nitrogen and oxygen atoms in total. The van der Waals surface area contributed by atoms with Gasteiger partial charge < -0.3 is 10.1 Å². The van der Waals surface area contributed by atoms with E-state index >= 15 is 0 Å². The third-order valence-corrected chi connectivity index (χ3v) is 4.91. The molecule has 0 aromatic heterocycles. The molecule has 2 aromatic carbocycles. The molecule has 0 heterocycles. The van der Waals surface area contributed by atoms with Gasteiger partial charge in [-0.3, -0.25) is 4.79 Å². The maximum absolute atomic E-state index is 12.1. The van der Waals surface area contributed by atoms with E-state index in [0.717, 1.165) is 12.2 Å². The molecule has 0 bridgehead atoms. The Labute approximate surface area is 154 Å². The fourth-order valence-corrected chi connectivity index (χ4v) is 3.34. The van der Waals surface area contributed by atoms with E-state index in [1.54, 1.807) is 24.3 Å². The molecular weight excluding hydrogens is 334 g/mol. The fraction of sp³-hybridized carbons (Fsp3) is 0.381. The van der Waals surface area contributed by atoms with Crippen molar-refractivity contribution in [2.75, 3.05) is 6.61 Å². The highest BCUT2D eigenvalue weighted by atomic mass is 35.5. The standard InChI is InChI=1S/C21H24ClNO2/c1-15(17-7-6-16-4-2-3-5-18(16)14-17)23-21(24)12-13-25-20-10-8-19(22)9-11-20/h6-11,14-15H,2-5,12-13H2,1H3,(H,23,24). The van der Waals surface area contributed by atoms with Gasteiger partial charge in [-0.15, -0.1) is 0 Å². The van der Waals surface area contributed by atoms with Crippen molar-refractivity contribution in [3.63, 3.8) is 0 Å². The van der Waals surface area contributed by atoms with Crippen molar-refractivity contribution in [2.24, 2.45) is 0 Å². The first kappa shape index (κ1) is 17.8. The van der Waals surface area contributed by atoms with Gasteiger partial charge in [-0.2, -0.15) is 0 Å². The van der Waals surface area contributed by atoms with Crippen LogP contribution in [-0.4, -0.2) is 12.5 Å². The molecule has 0 spiro atoms. The number of rotatable bonds is 6. The van der Waals surface area contributed by atoms with Crippen LogP contribution in [0, 0.1) is 0 Å². The number of amides is 1. The SMILES string of the molecule is CC(NC(=O)CCOc1ccc(Cl)cc1)c1ccc2c(c1)CCCC2. The van der Waals surface area contributed by atoms with Gasteiger partial charge in [0.05, 0.1) is 19.1 Å². The van der Waals surface area contributed by atoms with Crippen LogP contribution in [0.25, 0.3) is 0 Å². The van der Waals surface area contributed by atoms with E-state index in [1.807, 2.05) is 6.92 Å². The van der Waals surface area contributed by atoms with Crippen LogP contribution in [0.4, 0.5) is 0 Å². The number of ether oxygens (including phenoxy) is 1. The predicted octanol–water partition coefficient (Wildman–Crippen LogP) is 4.87. The minimum atomic E-state index is -0.000755. The molecule has 1 aliphatic carbocycles. The number of hydrogen-bond donors (Lipinski definition) is 1. The molecule has 0 radical (unpaired) electrons. The van der Waals surface area contributed by atoms with Crippen LogP contribution in [0.5, 0.6) is 5.75 Å². The van der Waals surface area contributed by atoms with Crippen LogP contribution in [0.15, 0.2) is 42.5 Å². The quantitative estimate of drug-likeness (QED) is 0.801. The topological polar surface area (TPSA) is 38.3 Å². The van der Waals surface area contributed by atoms with Crippen molar-refractivity contribution in [3.05, 3.63) is 64.2 Å². The highest BCUT2D eigenvalue weighted by Gasteiger charge is 2.14. The largest absolute Gasteiger partial charge is 0.493 e. The number of nitrogens with one attached hydrogen (secondary N) is 1. The van der Waals surface area contributed by atoms with Crippen LogP contribution in [-0.2, 0) is 17.6 Å². The smallest absolute Gasteiger partial charge is 0.223 e. The number of fused-ring (bicyclic) bond motifs is 1. The molecule has 0 fully saturated rings. The normalized spacial score (nSPS) is 14.5. The third kappa shape index (κ3) is 4.99. The Balaban J connectivity index is 1.48. The van der Waals surface area contributed by atoms with E-state index in [4.69, 9.17) is 16.3 Å². The molecule has 1 unspecified atom stereocenters. The third-order valence-electron chi connectivity index (χ3n) is 4.66. The molecule has 1 N–H and O–H groups in total. The van der Waals surface area contributed by atoms with Crippen molar-refractivity contribution >= 4 is 17.5 Å². The van der Waals surface area contributed by atoms with Gasteiger partial charge in [-0.25, -0.2) is 0 Å². The monoisotopic (exact) mass is 357 g/mol. The highest BCUT2D eigenvalue weighted by Crippen LogP contribution is 2.24. The zero-order valence-corrected chi connectivity index (χ0v) is 15.3. The molecule has 132 valence electrons. The summed E-state index contributed by atoms with van der Waals surface area (Å²) < 4.78 is 5.57. The molecule has 4 heteroatoms. The van der Waals surface area contributed by atoms with E-state index in [-0.39, 0.29) is 11.9 Å². The zero-order chi connectivity index (χ0) is 17.6. The van der Waals surface area contributed by atoms with E-state index in [1.165, 1.54) is 36.0 Å². The molecule has 3 rings (SSSR count). The Hall–Kier alpha value is -2.00.